The Kier molecular flexibility index (Phi) is 5.48. The van der Waals surface area contributed by atoms with E-state index in [-0.39, 0.29) is 28.2 Å². The van der Waals surface area contributed by atoms with Gasteiger partial charge in [0.1, 0.15) is 0 Å². The smallest absolute Gasteiger partial charge is 0.337 e. The summed E-state index contributed by atoms with van der Waals surface area (Å²) in [6.07, 6.45) is 0. The van der Waals surface area contributed by atoms with E-state index in [2.05, 4.69) is 10.3 Å². The van der Waals surface area contributed by atoms with Crippen molar-refractivity contribution in [2.75, 3.05) is 11.1 Å². The normalized spacial score (nSPS) is 10.7. The standard InChI is InChI=1S/C18H14ClN3O4S/c1-10(23)22-15-5-3-2-4-14(15)21-18(22)27-9-16(24)20-11-6-7-13(19)12(8-11)17(25)26/h2-8H,9H2,1H3,(H,20,24)(H,25,26). The van der Waals surface area contributed by atoms with Gasteiger partial charge in [0, 0.05) is 12.6 Å². The third kappa shape index (κ3) is 4.12. The number of carbonyl (C=O) groups excluding carboxylic acids is 2. The highest BCUT2D eigenvalue weighted by Gasteiger charge is 2.16. The zero-order valence-electron chi connectivity index (χ0n) is 14.1. The first kappa shape index (κ1) is 18.9. The SMILES string of the molecule is CC(=O)n1c(SCC(=O)Nc2ccc(Cl)c(C(=O)O)c2)nc2ccccc21. The van der Waals surface area contributed by atoms with Crippen molar-refractivity contribution < 1.29 is 19.5 Å². The van der Waals surface area contributed by atoms with E-state index < -0.39 is 5.97 Å². The number of rotatable bonds is 5. The third-order valence-corrected chi connectivity index (χ3v) is 4.93. The molecule has 3 aromatic rings. The fourth-order valence-corrected chi connectivity index (χ4v) is 3.55. The third-order valence-electron chi connectivity index (χ3n) is 3.66. The summed E-state index contributed by atoms with van der Waals surface area (Å²) in [5, 5.41) is 12.2. The van der Waals surface area contributed by atoms with Crippen molar-refractivity contribution in [1.82, 2.24) is 9.55 Å². The second kappa shape index (κ2) is 7.81. The van der Waals surface area contributed by atoms with Gasteiger partial charge in [0.2, 0.25) is 11.8 Å². The number of thioether (sulfide) groups is 1. The van der Waals surface area contributed by atoms with Gasteiger partial charge in [-0.1, -0.05) is 35.5 Å². The number of benzene rings is 2. The lowest BCUT2D eigenvalue weighted by Crippen LogP contribution is -2.15. The second-order valence-corrected chi connectivity index (χ2v) is 6.92. The van der Waals surface area contributed by atoms with Crippen LogP contribution in [0.2, 0.25) is 5.02 Å². The number of halogens is 1. The Bertz CT molecular complexity index is 1060. The molecule has 2 aromatic carbocycles. The van der Waals surface area contributed by atoms with Gasteiger partial charge in [-0.25, -0.2) is 9.78 Å². The summed E-state index contributed by atoms with van der Waals surface area (Å²) in [4.78, 5) is 39.7. The van der Waals surface area contributed by atoms with Crippen LogP contribution in [-0.2, 0) is 4.79 Å². The van der Waals surface area contributed by atoms with E-state index in [4.69, 9.17) is 16.7 Å². The Hall–Kier alpha value is -2.84. The number of aromatic carboxylic acids is 1. The molecule has 2 N–H and O–H groups in total. The van der Waals surface area contributed by atoms with Crippen molar-refractivity contribution >= 4 is 57.9 Å². The number of carboxylic acid groups (broad SMARTS) is 1. The Morgan fingerprint density at radius 2 is 1.96 bits per heavy atom. The minimum Gasteiger partial charge on any atom is -0.478 e. The average Bonchev–Trinajstić information content (AvgIpc) is 3.00. The van der Waals surface area contributed by atoms with Crippen molar-refractivity contribution in [2.45, 2.75) is 12.1 Å². The summed E-state index contributed by atoms with van der Waals surface area (Å²) in [7, 11) is 0. The highest BCUT2D eigenvalue weighted by atomic mass is 35.5. The van der Waals surface area contributed by atoms with Crippen LogP contribution in [0.5, 0.6) is 0 Å². The number of fused-ring (bicyclic) bond motifs is 1. The number of carbonyl (C=O) groups is 3. The Labute approximate surface area is 163 Å². The molecule has 1 aromatic heterocycles. The summed E-state index contributed by atoms with van der Waals surface area (Å²) in [6.45, 7) is 1.43. The lowest BCUT2D eigenvalue weighted by molar-refractivity contribution is -0.113. The van der Waals surface area contributed by atoms with Crippen LogP contribution in [-0.4, -0.2) is 38.2 Å². The summed E-state index contributed by atoms with van der Waals surface area (Å²) in [6, 6.07) is 11.4. The number of hydrogen-bond donors (Lipinski definition) is 2. The van der Waals surface area contributed by atoms with Crippen molar-refractivity contribution in [3.8, 4) is 0 Å². The number of carboxylic acids is 1. The van der Waals surface area contributed by atoms with Crippen LogP contribution < -0.4 is 5.32 Å². The molecule has 0 aliphatic carbocycles. The van der Waals surface area contributed by atoms with Gasteiger partial charge in [0.25, 0.3) is 0 Å². The number of amides is 1. The van der Waals surface area contributed by atoms with Crippen LogP contribution in [0.4, 0.5) is 5.69 Å². The molecule has 0 atom stereocenters. The Morgan fingerprint density at radius 3 is 2.67 bits per heavy atom. The number of nitrogens with one attached hydrogen (secondary N) is 1. The van der Waals surface area contributed by atoms with Crippen LogP contribution in [0, 0.1) is 0 Å². The van der Waals surface area contributed by atoms with Gasteiger partial charge < -0.3 is 10.4 Å². The van der Waals surface area contributed by atoms with E-state index in [1.165, 1.54) is 29.7 Å². The van der Waals surface area contributed by atoms with E-state index in [0.29, 0.717) is 21.9 Å². The first-order chi connectivity index (χ1) is 12.9. The van der Waals surface area contributed by atoms with Gasteiger partial charge in [0.15, 0.2) is 5.16 Å². The van der Waals surface area contributed by atoms with Crippen LogP contribution in [0.3, 0.4) is 0 Å². The summed E-state index contributed by atoms with van der Waals surface area (Å²) < 4.78 is 1.46. The molecule has 27 heavy (non-hydrogen) atoms. The quantitative estimate of drug-likeness (QED) is 0.628. The highest BCUT2D eigenvalue weighted by Crippen LogP contribution is 2.25. The van der Waals surface area contributed by atoms with Crippen molar-refractivity contribution in [2.24, 2.45) is 0 Å². The van der Waals surface area contributed by atoms with E-state index >= 15 is 0 Å². The molecule has 0 spiro atoms. The molecule has 0 aliphatic rings. The number of aromatic nitrogens is 2. The van der Waals surface area contributed by atoms with Crippen LogP contribution in [0.1, 0.15) is 22.1 Å². The van der Waals surface area contributed by atoms with Gasteiger partial charge in [-0.05, 0) is 30.3 Å². The Morgan fingerprint density at radius 1 is 1.22 bits per heavy atom. The van der Waals surface area contributed by atoms with Gasteiger partial charge in [-0.3, -0.25) is 14.2 Å². The number of para-hydroxylation sites is 2. The molecule has 0 bridgehead atoms. The van der Waals surface area contributed by atoms with Gasteiger partial charge in [-0.15, -0.1) is 0 Å². The molecule has 1 heterocycles. The fraction of sp³-hybridized carbons (Fsp3) is 0.111. The van der Waals surface area contributed by atoms with Gasteiger partial charge in [0.05, 0.1) is 27.4 Å². The molecule has 138 valence electrons. The molecule has 0 fully saturated rings. The maximum atomic E-state index is 12.2. The topological polar surface area (TPSA) is 101 Å². The molecule has 0 saturated carbocycles. The zero-order valence-corrected chi connectivity index (χ0v) is 15.7. The summed E-state index contributed by atoms with van der Waals surface area (Å²) >= 11 is 6.93. The zero-order chi connectivity index (χ0) is 19.6. The molecule has 0 radical (unpaired) electrons. The summed E-state index contributed by atoms with van der Waals surface area (Å²) in [5.74, 6) is -1.74. The first-order valence-corrected chi connectivity index (χ1v) is 9.17. The van der Waals surface area contributed by atoms with Crippen LogP contribution >= 0.6 is 23.4 Å². The van der Waals surface area contributed by atoms with Gasteiger partial charge >= 0.3 is 5.97 Å². The molecule has 1 amide bonds. The predicted octanol–water partition coefficient (Wildman–Crippen LogP) is 3.78. The highest BCUT2D eigenvalue weighted by molar-refractivity contribution is 7.99. The molecule has 0 unspecified atom stereocenters. The Balaban J connectivity index is 1.74. The molecular formula is C18H14ClN3O4S. The van der Waals surface area contributed by atoms with E-state index in [1.54, 1.807) is 12.1 Å². The number of anilines is 1. The van der Waals surface area contributed by atoms with Crippen LogP contribution in [0.15, 0.2) is 47.6 Å². The van der Waals surface area contributed by atoms with E-state index in [1.807, 2.05) is 12.1 Å². The molecule has 0 saturated heterocycles. The minimum absolute atomic E-state index is 0.00162. The maximum Gasteiger partial charge on any atom is 0.337 e. The monoisotopic (exact) mass is 403 g/mol. The molecule has 9 heteroatoms. The number of hydrogen-bond acceptors (Lipinski definition) is 5. The largest absolute Gasteiger partial charge is 0.478 e. The van der Waals surface area contributed by atoms with Crippen molar-refractivity contribution in [3.63, 3.8) is 0 Å². The maximum absolute atomic E-state index is 12.2. The lowest BCUT2D eigenvalue weighted by Gasteiger charge is -2.07. The average molecular weight is 404 g/mol. The van der Waals surface area contributed by atoms with Crippen LogP contribution in [0.25, 0.3) is 11.0 Å². The van der Waals surface area contributed by atoms with Crippen molar-refractivity contribution in [3.05, 3.63) is 53.1 Å². The lowest BCUT2D eigenvalue weighted by atomic mass is 10.2. The fourth-order valence-electron chi connectivity index (χ4n) is 2.50. The molecule has 3 rings (SSSR count). The molecular weight excluding hydrogens is 390 g/mol. The molecule has 0 aliphatic heterocycles. The first-order valence-electron chi connectivity index (χ1n) is 7.80. The van der Waals surface area contributed by atoms with Gasteiger partial charge in [-0.2, -0.15) is 0 Å². The molecule has 7 nitrogen and oxygen atoms in total. The number of nitrogens with zero attached hydrogens (tertiary/aromatic N) is 2. The van der Waals surface area contributed by atoms with E-state index in [0.717, 1.165) is 11.8 Å². The predicted molar refractivity (Wildman–Crippen MR) is 104 cm³/mol. The summed E-state index contributed by atoms with van der Waals surface area (Å²) in [5.41, 5.74) is 1.57. The van der Waals surface area contributed by atoms with E-state index in [9.17, 15) is 14.4 Å². The van der Waals surface area contributed by atoms with Crippen molar-refractivity contribution in [1.29, 1.82) is 0 Å². The second-order valence-electron chi connectivity index (χ2n) is 5.57. The number of imidazole rings is 1. The minimum atomic E-state index is -1.18.